The number of carbonyl (C=O) groups excluding carboxylic acids is 1. The average Bonchev–Trinajstić information content (AvgIpc) is 2.51. The van der Waals surface area contributed by atoms with Crippen molar-refractivity contribution in [2.24, 2.45) is 5.92 Å². The maximum absolute atomic E-state index is 11.6. The van der Waals surface area contributed by atoms with Gasteiger partial charge in [-0.25, -0.2) is 4.79 Å². The molecule has 2 rings (SSSR count). The summed E-state index contributed by atoms with van der Waals surface area (Å²) in [5, 5.41) is 0. The minimum Gasteiger partial charge on any atom is -0.428 e. The zero-order chi connectivity index (χ0) is 14.2. The van der Waals surface area contributed by atoms with E-state index in [1.807, 2.05) is 32.9 Å². The Morgan fingerprint density at radius 2 is 1.95 bits per heavy atom. The number of benzene rings is 1. The number of carbonyl (C=O) groups is 1. The zero-order valence-corrected chi connectivity index (χ0v) is 12.3. The Morgan fingerprint density at radius 3 is 2.58 bits per heavy atom. The van der Waals surface area contributed by atoms with E-state index >= 15 is 0 Å². The van der Waals surface area contributed by atoms with E-state index in [1.165, 1.54) is 11.1 Å². The highest BCUT2D eigenvalue weighted by Gasteiger charge is 2.26. The Bertz CT molecular complexity index is 485. The summed E-state index contributed by atoms with van der Waals surface area (Å²) in [6, 6.07) is 5.86. The van der Waals surface area contributed by atoms with Crippen LogP contribution in [-0.4, -0.2) is 11.8 Å². The number of hydrogen-bond donors (Lipinski definition) is 0. The largest absolute Gasteiger partial charge is 0.514 e. The topological polar surface area (TPSA) is 35.5 Å². The molecule has 1 aromatic carbocycles. The molecule has 2 atom stereocenters. The SMILES string of the molecule is CC1Cc2cc(OC(=O)OC(C)(C)C)ccc2C1C. The van der Waals surface area contributed by atoms with E-state index in [-0.39, 0.29) is 0 Å². The van der Waals surface area contributed by atoms with Crippen LogP contribution in [0.1, 0.15) is 51.7 Å². The highest BCUT2D eigenvalue weighted by Crippen LogP contribution is 2.38. The minimum atomic E-state index is -0.647. The maximum Gasteiger partial charge on any atom is 0.514 e. The van der Waals surface area contributed by atoms with Crippen molar-refractivity contribution in [3.8, 4) is 5.75 Å². The predicted octanol–water partition coefficient (Wildman–Crippen LogP) is 4.30. The second-order valence-corrected chi connectivity index (χ2v) is 6.40. The van der Waals surface area contributed by atoms with Crippen LogP contribution < -0.4 is 4.74 Å². The molecule has 0 aromatic heterocycles. The van der Waals surface area contributed by atoms with Crippen LogP contribution in [0.2, 0.25) is 0 Å². The Balaban J connectivity index is 2.08. The molecule has 0 N–H and O–H groups in total. The fraction of sp³-hybridized carbons (Fsp3) is 0.562. The maximum atomic E-state index is 11.6. The molecule has 0 radical (unpaired) electrons. The molecule has 19 heavy (non-hydrogen) atoms. The summed E-state index contributed by atoms with van der Waals surface area (Å²) in [7, 11) is 0. The lowest BCUT2D eigenvalue weighted by Gasteiger charge is -2.18. The second-order valence-electron chi connectivity index (χ2n) is 6.40. The van der Waals surface area contributed by atoms with Crippen molar-refractivity contribution in [2.75, 3.05) is 0 Å². The summed E-state index contributed by atoms with van der Waals surface area (Å²) in [6.45, 7) is 9.95. The van der Waals surface area contributed by atoms with Gasteiger partial charge in [-0.1, -0.05) is 19.9 Å². The molecule has 104 valence electrons. The van der Waals surface area contributed by atoms with Crippen molar-refractivity contribution in [1.82, 2.24) is 0 Å². The normalized spacial score (nSPS) is 21.9. The lowest BCUT2D eigenvalue weighted by molar-refractivity contribution is 0.0206. The molecule has 3 heteroatoms. The van der Waals surface area contributed by atoms with Gasteiger partial charge >= 0.3 is 6.16 Å². The van der Waals surface area contributed by atoms with Gasteiger partial charge < -0.3 is 9.47 Å². The fourth-order valence-electron chi connectivity index (χ4n) is 2.46. The van der Waals surface area contributed by atoms with Gasteiger partial charge in [0, 0.05) is 0 Å². The molecule has 3 nitrogen and oxygen atoms in total. The number of fused-ring (bicyclic) bond motifs is 1. The van der Waals surface area contributed by atoms with Crippen LogP contribution in [-0.2, 0) is 11.2 Å². The average molecular weight is 262 g/mol. The van der Waals surface area contributed by atoms with Crippen LogP contribution in [0.25, 0.3) is 0 Å². The first-order valence-electron chi connectivity index (χ1n) is 6.80. The molecule has 2 unspecified atom stereocenters. The number of rotatable bonds is 1. The van der Waals surface area contributed by atoms with Gasteiger partial charge in [0.05, 0.1) is 0 Å². The summed E-state index contributed by atoms with van der Waals surface area (Å²) in [5.74, 6) is 1.78. The Morgan fingerprint density at radius 1 is 1.26 bits per heavy atom. The highest BCUT2D eigenvalue weighted by atomic mass is 16.7. The third-order valence-electron chi connectivity index (χ3n) is 3.59. The van der Waals surface area contributed by atoms with Crippen LogP contribution >= 0.6 is 0 Å². The molecule has 0 saturated heterocycles. The molecule has 1 aliphatic carbocycles. The van der Waals surface area contributed by atoms with E-state index in [4.69, 9.17) is 9.47 Å². The van der Waals surface area contributed by atoms with Gasteiger partial charge in [-0.3, -0.25) is 0 Å². The van der Waals surface area contributed by atoms with Crippen molar-refractivity contribution in [3.05, 3.63) is 29.3 Å². The lowest BCUT2D eigenvalue weighted by Crippen LogP contribution is -2.26. The van der Waals surface area contributed by atoms with Crippen molar-refractivity contribution in [2.45, 2.75) is 52.6 Å². The molecule has 0 amide bonds. The van der Waals surface area contributed by atoms with E-state index < -0.39 is 11.8 Å². The van der Waals surface area contributed by atoms with E-state index in [2.05, 4.69) is 19.9 Å². The summed E-state index contributed by atoms with van der Waals surface area (Å²) in [5.41, 5.74) is 2.11. The van der Waals surface area contributed by atoms with E-state index in [0.29, 0.717) is 17.6 Å². The first kappa shape index (κ1) is 13.9. The third-order valence-corrected chi connectivity index (χ3v) is 3.59. The quantitative estimate of drug-likeness (QED) is 0.559. The van der Waals surface area contributed by atoms with Crippen molar-refractivity contribution in [1.29, 1.82) is 0 Å². The molecule has 0 fully saturated rings. The van der Waals surface area contributed by atoms with Gasteiger partial charge in [0.25, 0.3) is 0 Å². The summed E-state index contributed by atoms with van der Waals surface area (Å²) in [6.07, 6.45) is 0.397. The van der Waals surface area contributed by atoms with Crippen LogP contribution in [0, 0.1) is 5.92 Å². The highest BCUT2D eigenvalue weighted by molar-refractivity contribution is 5.64. The van der Waals surface area contributed by atoms with Gasteiger partial charge in [0.2, 0.25) is 0 Å². The molecule has 0 aliphatic heterocycles. The van der Waals surface area contributed by atoms with Gasteiger partial charge in [0.1, 0.15) is 11.4 Å². The molecule has 1 aromatic rings. The van der Waals surface area contributed by atoms with Crippen LogP contribution in [0.4, 0.5) is 4.79 Å². The van der Waals surface area contributed by atoms with Crippen molar-refractivity contribution < 1.29 is 14.3 Å². The first-order valence-corrected chi connectivity index (χ1v) is 6.80. The fourth-order valence-corrected chi connectivity index (χ4v) is 2.46. The Kier molecular flexibility index (Phi) is 3.57. The summed E-state index contributed by atoms with van der Waals surface area (Å²) < 4.78 is 10.4. The zero-order valence-electron chi connectivity index (χ0n) is 12.3. The predicted molar refractivity (Wildman–Crippen MR) is 74.6 cm³/mol. The molecular weight excluding hydrogens is 240 g/mol. The smallest absolute Gasteiger partial charge is 0.428 e. The van der Waals surface area contributed by atoms with Gasteiger partial charge in [-0.05, 0) is 62.3 Å². The molecule has 0 saturated carbocycles. The van der Waals surface area contributed by atoms with Gasteiger partial charge in [0.15, 0.2) is 0 Å². The lowest BCUT2D eigenvalue weighted by atomic mass is 9.97. The molecule has 0 spiro atoms. The Hall–Kier alpha value is -1.51. The second kappa shape index (κ2) is 4.87. The van der Waals surface area contributed by atoms with Gasteiger partial charge in [-0.2, -0.15) is 0 Å². The number of hydrogen-bond acceptors (Lipinski definition) is 3. The van der Waals surface area contributed by atoms with Crippen molar-refractivity contribution >= 4 is 6.16 Å². The molecule has 1 aliphatic rings. The van der Waals surface area contributed by atoms with Crippen LogP contribution in [0.3, 0.4) is 0 Å². The molecule has 0 bridgehead atoms. The first-order chi connectivity index (χ1) is 8.76. The Labute approximate surface area is 114 Å². The van der Waals surface area contributed by atoms with E-state index in [1.54, 1.807) is 0 Å². The van der Waals surface area contributed by atoms with Crippen molar-refractivity contribution in [3.63, 3.8) is 0 Å². The summed E-state index contributed by atoms with van der Waals surface area (Å²) in [4.78, 5) is 11.6. The monoisotopic (exact) mass is 262 g/mol. The van der Waals surface area contributed by atoms with Crippen LogP contribution in [0.15, 0.2) is 18.2 Å². The summed E-state index contributed by atoms with van der Waals surface area (Å²) >= 11 is 0. The third kappa shape index (κ3) is 3.28. The number of ether oxygens (including phenoxy) is 2. The minimum absolute atomic E-state index is 0.531. The molecular formula is C16H22O3. The van der Waals surface area contributed by atoms with Crippen LogP contribution in [0.5, 0.6) is 5.75 Å². The standard InChI is InChI=1S/C16H22O3/c1-10-8-12-9-13(6-7-14(12)11(10)2)18-15(17)19-16(3,4)5/h6-7,9-11H,8H2,1-5H3. The van der Waals surface area contributed by atoms with E-state index in [9.17, 15) is 4.79 Å². The van der Waals surface area contributed by atoms with Gasteiger partial charge in [-0.15, -0.1) is 0 Å². The molecule has 0 heterocycles. The van der Waals surface area contributed by atoms with E-state index in [0.717, 1.165) is 6.42 Å².